The number of hydrogen-bond donors (Lipinski definition) is 5. The Labute approximate surface area is 309 Å². The fourth-order valence-corrected chi connectivity index (χ4v) is 11.1. The lowest BCUT2D eigenvalue weighted by Crippen LogP contribution is -2.50. The number of aromatic nitrogens is 7. The van der Waals surface area contributed by atoms with Crippen LogP contribution in [0.4, 0.5) is 11.8 Å². The lowest BCUT2D eigenvalue weighted by molar-refractivity contribution is -0.0664. The summed E-state index contributed by atoms with van der Waals surface area (Å²) in [6, 6.07) is 1.25. The van der Waals surface area contributed by atoms with E-state index in [1.807, 2.05) is 17.7 Å². The average Bonchev–Trinajstić information content (AvgIpc) is 3.37. The Morgan fingerprint density at radius 3 is 2.52 bits per heavy atom. The molecule has 294 valence electrons. The molecule has 0 amide bonds. The lowest BCUT2D eigenvalue weighted by Gasteiger charge is -2.43. The second-order valence-corrected chi connectivity index (χ2v) is 23.3. The van der Waals surface area contributed by atoms with E-state index in [0.29, 0.717) is 17.5 Å². The smallest absolute Gasteiger partial charge is 0.409 e. The van der Waals surface area contributed by atoms with Crippen LogP contribution in [0.2, 0.25) is 18.1 Å². The number of anilines is 2. The molecule has 2 saturated carbocycles. The molecule has 4 aromatic rings. The lowest BCUT2D eigenvalue weighted by atomic mass is 10.0. The molecule has 2 saturated heterocycles. The molecule has 0 aromatic carbocycles. The maximum Gasteiger partial charge on any atom is 0.472 e. The molecule has 0 radical (unpaired) electrons. The first-order valence-corrected chi connectivity index (χ1v) is 23.1. The average molecular weight is 812 g/mol. The number of fused-ring (bicyclic) bond motifs is 4. The number of H-pyrrole nitrogens is 1. The van der Waals surface area contributed by atoms with Crippen LogP contribution in [0.25, 0.3) is 22.2 Å². The highest BCUT2D eigenvalue weighted by Gasteiger charge is 2.75. The van der Waals surface area contributed by atoms with Crippen molar-refractivity contribution >= 4 is 57.9 Å². The van der Waals surface area contributed by atoms with Crippen LogP contribution in [0, 0.1) is 11.3 Å². The molecule has 1 spiro atoms. The number of aromatic amines is 1. The van der Waals surface area contributed by atoms with Crippen molar-refractivity contribution in [2.45, 2.75) is 88.1 Å². The molecule has 2 bridgehead atoms. The highest BCUT2D eigenvalue weighted by atomic mass is 31.2. The number of imidazole rings is 1. The first-order valence-electron chi connectivity index (χ1n) is 17.2. The summed E-state index contributed by atoms with van der Waals surface area (Å²) in [5.74, 6) is -0.288. The molecule has 2 aliphatic carbocycles. The van der Waals surface area contributed by atoms with Gasteiger partial charge >= 0.3 is 15.6 Å². The monoisotopic (exact) mass is 811 g/mol. The van der Waals surface area contributed by atoms with Gasteiger partial charge in [-0.25, -0.2) is 24.1 Å². The second kappa shape index (κ2) is 12.7. The van der Waals surface area contributed by atoms with Crippen LogP contribution < -0.4 is 17.0 Å². The molecule has 3 unspecified atom stereocenters. The van der Waals surface area contributed by atoms with E-state index >= 15 is 0 Å². The van der Waals surface area contributed by atoms with Crippen molar-refractivity contribution in [2.75, 3.05) is 31.8 Å². The van der Waals surface area contributed by atoms with Gasteiger partial charge in [-0.2, -0.15) is 4.98 Å². The first-order chi connectivity index (χ1) is 25.3. The molecule has 6 heterocycles. The summed E-state index contributed by atoms with van der Waals surface area (Å²) in [5, 5.41) is 0.321. The topological polar surface area (TPSA) is 286 Å². The summed E-state index contributed by atoms with van der Waals surface area (Å²) >= 11 is 0. The predicted molar refractivity (Wildman–Crippen MR) is 192 cm³/mol. The van der Waals surface area contributed by atoms with Gasteiger partial charge in [-0.1, -0.05) is 20.8 Å². The third-order valence-corrected chi connectivity index (χ3v) is 18.0. The molecule has 7 N–H and O–H groups in total. The predicted octanol–water partition coefficient (Wildman–Crippen LogP) is 2.61. The molecular weight excluding hydrogens is 768 g/mol. The van der Waals surface area contributed by atoms with Crippen molar-refractivity contribution < 1.29 is 50.9 Å². The van der Waals surface area contributed by atoms with E-state index in [2.05, 4.69) is 45.7 Å². The number of methoxy groups -OCH3 is 1. The van der Waals surface area contributed by atoms with Crippen LogP contribution >= 0.6 is 15.6 Å². The molecule has 4 aliphatic rings. The number of nitrogens with two attached hydrogens (primary N) is 2. The van der Waals surface area contributed by atoms with Crippen LogP contribution in [0.3, 0.4) is 0 Å². The Morgan fingerprint density at radius 1 is 1.06 bits per heavy atom. The maximum atomic E-state index is 14.0. The van der Waals surface area contributed by atoms with Gasteiger partial charge in [0.25, 0.3) is 5.56 Å². The zero-order valence-electron chi connectivity index (χ0n) is 30.3. The number of rotatable bonds is 5. The molecule has 21 nitrogen and oxygen atoms in total. The number of nitrogen functional groups attached to an aromatic ring is 2. The van der Waals surface area contributed by atoms with Gasteiger partial charge in [-0.3, -0.25) is 32.4 Å². The minimum absolute atomic E-state index is 0.0193. The zero-order chi connectivity index (χ0) is 38.7. The van der Waals surface area contributed by atoms with Crippen LogP contribution in [-0.2, 0) is 41.1 Å². The van der Waals surface area contributed by atoms with E-state index in [-0.39, 0.29) is 33.9 Å². The van der Waals surface area contributed by atoms with Crippen molar-refractivity contribution in [3.63, 3.8) is 0 Å². The van der Waals surface area contributed by atoms with Crippen molar-refractivity contribution in [2.24, 2.45) is 11.3 Å². The highest BCUT2D eigenvalue weighted by Crippen LogP contribution is 2.73. The SMILES string of the molecule is CO[C@H]1[C@H]2OP(=O)(O)OC[C@@]34C[C@@H]3[C@@H](n3ccc5c(N)ncnc53)C(O[Si](C)(C)C(C)(C)C)[C@@H]4OP(=O)(O)OC[C@H]1O[C@H]2n1cnc2c(=O)[nH]c(N)nc21. The summed E-state index contributed by atoms with van der Waals surface area (Å²) in [4.78, 5) is 54.6. The number of hydrogen-bond acceptors (Lipinski definition) is 16. The van der Waals surface area contributed by atoms with Crippen molar-refractivity contribution in [1.29, 1.82) is 0 Å². The summed E-state index contributed by atoms with van der Waals surface area (Å²) < 4.78 is 73.5. The van der Waals surface area contributed by atoms with E-state index in [1.54, 1.807) is 12.3 Å². The van der Waals surface area contributed by atoms with E-state index in [1.165, 1.54) is 24.3 Å². The number of phosphoric acid groups is 2. The van der Waals surface area contributed by atoms with Gasteiger partial charge in [0.2, 0.25) is 5.95 Å². The van der Waals surface area contributed by atoms with E-state index in [9.17, 15) is 23.7 Å². The third kappa shape index (κ3) is 6.16. The molecule has 8 rings (SSSR count). The summed E-state index contributed by atoms with van der Waals surface area (Å²) in [5.41, 5.74) is 10.7. The Kier molecular flexibility index (Phi) is 8.89. The number of nitrogens with zero attached hydrogens (tertiary/aromatic N) is 6. The van der Waals surface area contributed by atoms with Gasteiger partial charge in [-0.05, 0) is 36.5 Å². The quantitative estimate of drug-likeness (QED) is 0.143. The fraction of sp³-hybridized carbons (Fsp3) is 0.633. The largest absolute Gasteiger partial charge is 0.472 e. The summed E-state index contributed by atoms with van der Waals surface area (Å²) in [7, 11) is -11.3. The van der Waals surface area contributed by atoms with Crippen molar-refractivity contribution in [3.8, 4) is 0 Å². The second-order valence-electron chi connectivity index (χ2n) is 15.7. The van der Waals surface area contributed by atoms with Gasteiger partial charge in [0.1, 0.15) is 42.2 Å². The van der Waals surface area contributed by atoms with Crippen LogP contribution in [-0.4, -0.2) is 103 Å². The molecule has 24 heteroatoms. The maximum absolute atomic E-state index is 14.0. The van der Waals surface area contributed by atoms with Crippen molar-refractivity contribution in [3.05, 3.63) is 35.3 Å². The van der Waals surface area contributed by atoms with Crippen LogP contribution in [0.5, 0.6) is 0 Å². The van der Waals surface area contributed by atoms with Crippen LogP contribution in [0.1, 0.15) is 39.5 Å². The van der Waals surface area contributed by atoms with Crippen molar-refractivity contribution in [1.82, 2.24) is 34.1 Å². The molecule has 4 aromatic heterocycles. The summed E-state index contributed by atoms with van der Waals surface area (Å²) in [6.07, 6.45) is -2.37. The standard InChI is InChI=1S/C30H43N9O12P2Si/c1-29(2,3)54(5,6)51-20-18(38-8-7-14-23(31)33-12-34-24(14)38)15-9-30(15)11-47-53(43,44)49-21-19(45-4)16(10-46-52(41,42)50-22(20)30)48-27(21)39-13-35-17-25(39)36-28(32)37-26(17)40/h7-8,12-13,15-16,18-22,27H,9-11H2,1-6H3,(H,41,42)(H,43,44)(H2,31,33,34)(H3,32,36,37,40)/t15-,16-,18-,19-,20?,21-,22+,27-,30+/m1/s1. The van der Waals surface area contributed by atoms with Crippen LogP contribution in [0.15, 0.2) is 29.7 Å². The van der Waals surface area contributed by atoms with Gasteiger partial charge in [0.05, 0.1) is 37.1 Å². The summed E-state index contributed by atoms with van der Waals surface area (Å²) in [6.45, 7) is 9.29. The Balaban J connectivity index is 1.20. The number of nitrogens with one attached hydrogen (secondary N) is 1. The fourth-order valence-electron chi connectivity index (χ4n) is 7.84. The third-order valence-electron chi connectivity index (χ3n) is 11.6. The number of ether oxygens (including phenoxy) is 2. The first kappa shape index (κ1) is 37.8. The van der Waals surface area contributed by atoms with E-state index < -0.39 is 90.9 Å². The molecule has 2 aliphatic heterocycles. The Morgan fingerprint density at radius 2 is 1.80 bits per heavy atom. The molecule has 54 heavy (non-hydrogen) atoms. The molecule has 4 fully saturated rings. The van der Waals surface area contributed by atoms with E-state index in [0.717, 1.165) is 0 Å². The molecular formula is C30H43N9O12P2Si. The van der Waals surface area contributed by atoms with Gasteiger partial charge in [-0.15, -0.1) is 0 Å². The zero-order valence-corrected chi connectivity index (χ0v) is 33.0. The normalized spacial score (nSPS) is 37.4. The van der Waals surface area contributed by atoms with Gasteiger partial charge in [0.15, 0.2) is 25.7 Å². The Bertz CT molecular complexity index is 2280. The number of phosphoric ester groups is 2. The minimum atomic E-state index is -4.99. The highest BCUT2D eigenvalue weighted by molar-refractivity contribution is 7.47. The van der Waals surface area contributed by atoms with Gasteiger partial charge in [0, 0.05) is 18.7 Å². The molecule has 11 atom stereocenters. The minimum Gasteiger partial charge on any atom is -0.409 e. The van der Waals surface area contributed by atoms with Gasteiger partial charge < -0.3 is 39.7 Å². The van der Waals surface area contributed by atoms with E-state index in [4.69, 9.17) is 43.5 Å². The Hall–Kier alpha value is -3.11.